The fraction of sp³-hybridized carbons (Fsp3) is 0.194. The van der Waals surface area contributed by atoms with Crippen molar-refractivity contribution >= 4 is 63.7 Å². The molecule has 0 bridgehead atoms. The Kier molecular flexibility index (Phi) is 10.9. The molecule has 2 amide bonds. The third kappa shape index (κ3) is 7.31. The summed E-state index contributed by atoms with van der Waals surface area (Å²) in [6, 6.07) is 19.6. The number of nitrogens with zero attached hydrogens (tertiary/aromatic N) is 5. The Labute approximate surface area is 277 Å². The summed E-state index contributed by atoms with van der Waals surface area (Å²) in [4.78, 5) is 51.5. The monoisotopic (exact) mass is 673 g/mol. The fourth-order valence-corrected chi connectivity index (χ4v) is 7.24. The van der Waals surface area contributed by atoms with Crippen LogP contribution in [0.15, 0.2) is 101 Å². The van der Waals surface area contributed by atoms with E-state index in [2.05, 4.69) is 26.4 Å². The molecule has 2 aliphatic heterocycles. The number of esters is 1. The average molecular weight is 674 g/mol. The number of carbonyl (C=O) groups excluding carboxylic acids is 3. The number of ether oxygens (including phenoxy) is 1. The highest BCUT2D eigenvalue weighted by Crippen LogP contribution is 2.42. The summed E-state index contributed by atoms with van der Waals surface area (Å²) in [5, 5.41) is 16.6. The quantitative estimate of drug-likeness (QED) is 0.0514. The highest BCUT2D eigenvalue weighted by atomic mass is 32.2. The number of anilines is 1. The van der Waals surface area contributed by atoms with Crippen molar-refractivity contribution in [2.75, 3.05) is 23.8 Å². The Balaban J connectivity index is 1.41. The number of aromatic nitrogens is 2. The lowest BCUT2D eigenvalue weighted by Gasteiger charge is -2.49. The highest BCUT2D eigenvalue weighted by molar-refractivity contribution is 8.02. The summed E-state index contributed by atoms with van der Waals surface area (Å²) in [6.45, 7) is 3.58. The number of hydrogen-bond acceptors (Lipinski definition) is 13. The zero-order chi connectivity index (χ0) is 32.5. The first-order valence-electron chi connectivity index (χ1n) is 13.8. The Morgan fingerprint density at radius 1 is 1.22 bits per heavy atom. The molecule has 0 radical (unpaired) electrons. The second kappa shape index (κ2) is 15.4. The number of fused-ring (bicyclic) bond motifs is 1. The zero-order valence-corrected chi connectivity index (χ0v) is 26.6. The van der Waals surface area contributed by atoms with Gasteiger partial charge in [0.15, 0.2) is 11.2 Å². The summed E-state index contributed by atoms with van der Waals surface area (Å²) < 4.78 is 10.2. The third-order valence-electron chi connectivity index (χ3n) is 6.67. The van der Waals surface area contributed by atoms with Crippen LogP contribution in [0.2, 0.25) is 0 Å². The predicted molar refractivity (Wildman–Crippen MR) is 177 cm³/mol. The molecule has 5 rings (SSSR count). The highest BCUT2D eigenvalue weighted by Gasteiger charge is 2.55. The van der Waals surface area contributed by atoms with Crippen LogP contribution in [-0.2, 0) is 24.0 Å². The number of oxime groups is 1. The summed E-state index contributed by atoms with van der Waals surface area (Å²) in [6.07, 6.45) is 2.06. The van der Waals surface area contributed by atoms with Crippen LogP contribution in [0.4, 0.5) is 5.13 Å². The largest absolute Gasteiger partial charge is 0.448 e. The van der Waals surface area contributed by atoms with Gasteiger partial charge in [-0.1, -0.05) is 78.5 Å². The minimum atomic E-state index is -0.979. The number of thioether (sulfide) groups is 2. The van der Waals surface area contributed by atoms with E-state index in [-0.39, 0.29) is 29.0 Å². The number of hydrogen-bond donors (Lipinski definition) is 2. The van der Waals surface area contributed by atoms with Crippen molar-refractivity contribution in [1.29, 1.82) is 5.26 Å². The first-order chi connectivity index (χ1) is 22.4. The van der Waals surface area contributed by atoms with E-state index < -0.39 is 35.3 Å². The second-order valence-electron chi connectivity index (χ2n) is 9.64. The molecule has 46 heavy (non-hydrogen) atoms. The molecule has 1 unspecified atom stereocenters. The molecule has 12 nitrogen and oxygen atoms in total. The molecule has 0 saturated carbocycles. The van der Waals surface area contributed by atoms with Gasteiger partial charge in [0, 0.05) is 29.1 Å². The van der Waals surface area contributed by atoms with E-state index in [9.17, 15) is 14.4 Å². The van der Waals surface area contributed by atoms with E-state index in [0.29, 0.717) is 17.1 Å². The number of nitrogen functional groups attached to an aromatic ring is 1. The molecular formula is C31H27N7O5S3. The van der Waals surface area contributed by atoms with E-state index >= 15 is 0 Å². The van der Waals surface area contributed by atoms with E-state index in [1.165, 1.54) is 40.6 Å². The van der Waals surface area contributed by atoms with Crippen molar-refractivity contribution in [1.82, 2.24) is 19.6 Å². The molecule has 15 heteroatoms. The number of β-lactam (4-membered cyclic amide) rings is 1. The van der Waals surface area contributed by atoms with Crippen LogP contribution >= 0.6 is 35.1 Å². The van der Waals surface area contributed by atoms with Gasteiger partial charge in [0.1, 0.15) is 23.7 Å². The summed E-state index contributed by atoms with van der Waals surface area (Å²) in [5.74, 6) is -1.24. The minimum absolute atomic E-state index is 0.0264. The SMILES string of the molecule is C=CCON=C(C(=O)NC1C(=O)N2C(C(=O)OC(c3ccccc3)c3ccccc3)=C(CS/C=C\C#N)CS[C@H]12)c1nsc(N)n1. The Morgan fingerprint density at radius 2 is 1.91 bits per heavy atom. The molecule has 1 saturated heterocycles. The lowest BCUT2D eigenvalue weighted by molar-refractivity contribution is -0.154. The summed E-state index contributed by atoms with van der Waals surface area (Å²) >= 11 is 3.59. The van der Waals surface area contributed by atoms with Crippen molar-refractivity contribution in [3.05, 3.63) is 113 Å². The van der Waals surface area contributed by atoms with Crippen molar-refractivity contribution < 1.29 is 24.0 Å². The molecule has 3 heterocycles. The molecule has 0 spiro atoms. The zero-order valence-electron chi connectivity index (χ0n) is 24.1. The third-order valence-corrected chi connectivity index (χ3v) is 9.40. The van der Waals surface area contributed by atoms with Gasteiger partial charge in [-0.05, 0) is 22.1 Å². The number of rotatable bonds is 13. The number of allylic oxidation sites excluding steroid dienone is 1. The average Bonchev–Trinajstić information content (AvgIpc) is 3.52. The molecule has 3 aromatic rings. The van der Waals surface area contributed by atoms with Gasteiger partial charge < -0.3 is 20.6 Å². The lowest BCUT2D eigenvalue weighted by atomic mass is 10.0. The van der Waals surface area contributed by atoms with E-state index in [0.717, 1.165) is 22.7 Å². The molecule has 2 aliphatic rings. The van der Waals surface area contributed by atoms with Gasteiger partial charge in [0.2, 0.25) is 11.5 Å². The van der Waals surface area contributed by atoms with Crippen LogP contribution in [0.5, 0.6) is 0 Å². The molecule has 1 aromatic heterocycles. The maximum atomic E-state index is 14.0. The first-order valence-corrected chi connectivity index (χ1v) is 16.6. The van der Waals surface area contributed by atoms with Gasteiger partial charge in [-0.15, -0.1) is 23.5 Å². The van der Waals surface area contributed by atoms with Crippen molar-refractivity contribution in [3.63, 3.8) is 0 Å². The van der Waals surface area contributed by atoms with Gasteiger partial charge in [-0.2, -0.15) is 14.6 Å². The Morgan fingerprint density at radius 3 is 2.52 bits per heavy atom. The van der Waals surface area contributed by atoms with Crippen molar-refractivity contribution in [2.24, 2.45) is 5.16 Å². The van der Waals surface area contributed by atoms with Crippen LogP contribution in [0, 0.1) is 11.3 Å². The molecule has 0 aliphatic carbocycles. The maximum absolute atomic E-state index is 14.0. The van der Waals surface area contributed by atoms with Crippen molar-refractivity contribution in [3.8, 4) is 6.07 Å². The molecule has 3 N–H and O–H groups in total. The fourth-order valence-electron chi connectivity index (χ4n) is 4.64. The molecular weight excluding hydrogens is 647 g/mol. The number of amides is 2. The van der Waals surface area contributed by atoms with Crippen LogP contribution in [0.3, 0.4) is 0 Å². The standard InChI is InChI=1S/C31H27N7O5S3/c1-2-15-42-36-22(26-35-31(33)46-37-26)27(39)34-23-28(40)38-24(21(18-45-29(23)38)17-44-16-9-14-32)30(41)43-25(19-10-5-3-6-11-19)20-12-7-4-8-13-20/h2-13,16,23,25,29H,1,15,17-18H2,(H,34,39)(H2,33,35,37)/b16-9-,36-22?/t23?,29-/m1/s1. The Bertz CT molecular complexity index is 1700. The van der Waals surface area contributed by atoms with Gasteiger partial charge in [-0.25, -0.2) is 4.79 Å². The van der Waals surface area contributed by atoms with Gasteiger partial charge >= 0.3 is 5.97 Å². The van der Waals surface area contributed by atoms with Crippen LogP contribution in [0.25, 0.3) is 0 Å². The van der Waals surface area contributed by atoms with Crippen LogP contribution < -0.4 is 11.1 Å². The normalized spacial score (nSPS) is 17.7. The maximum Gasteiger partial charge on any atom is 0.356 e. The minimum Gasteiger partial charge on any atom is -0.448 e. The van der Waals surface area contributed by atoms with E-state index in [1.54, 1.807) is 5.41 Å². The molecule has 1 fully saturated rings. The number of nitrogens with one attached hydrogen (secondary N) is 1. The Hall–Kier alpha value is -4.91. The topological polar surface area (TPSA) is 173 Å². The number of nitrogens with two attached hydrogens (primary N) is 1. The lowest BCUT2D eigenvalue weighted by Crippen LogP contribution is -2.71. The number of benzene rings is 2. The first kappa shape index (κ1) is 32.5. The van der Waals surface area contributed by atoms with Crippen molar-refractivity contribution in [2.45, 2.75) is 17.5 Å². The molecule has 2 atom stereocenters. The van der Waals surface area contributed by atoms with E-state index in [1.807, 2.05) is 66.7 Å². The predicted octanol–water partition coefficient (Wildman–Crippen LogP) is 3.78. The summed E-state index contributed by atoms with van der Waals surface area (Å²) in [7, 11) is 0. The summed E-state index contributed by atoms with van der Waals surface area (Å²) in [5.41, 5.74) is 7.75. The van der Waals surface area contributed by atoms with Gasteiger partial charge in [0.25, 0.3) is 11.8 Å². The second-order valence-corrected chi connectivity index (χ2v) is 12.4. The van der Waals surface area contributed by atoms with Crippen LogP contribution in [0.1, 0.15) is 23.1 Å². The van der Waals surface area contributed by atoms with Gasteiger partial charge in [-0.3, -0.25) is 14.5 Å². The van der Waals surface area contributed by atoms with E-state index in [4.69, 9.17) is 20.6 Å². The smallest absolute Gasteiger partial charge is 0.356 e. The number of nitriles is 1. The molecule has 2 aromatic carbocycles. The number of carbonyl (C=O) groups is 3. The van der Waals surface area contributed by atoms with Crippen LogP contribution in [-0.4, -0.2) is 67.3 Å². The molecule has 234 valence electrons. The van der Waals surface area contributed by atoms with Gasteiger partial charge in [0.05, 0.1) is 6.07 Å².